The van der Waals surface area contributed by atoms with Crippen LogP contribution < -0.4 is 0 Å². The van der Waals surface area contributed by atoms with Gasteiger partial charge in [-0.1, -0.05) is 69.8 Å². The van der Waals surface area contributed by atoms with E-state index in [1.54, 1.807) is 11.8 Å². The predicted molar refractivity (Wildman–Crippen MR) is 86.2 cm³/mol. The van der Waals surface area contributed by atoms with Gasteiger partial charge in [-0.2, -0.15) is 0 Å². The van der Waals surface area contributed by atoms with Gasteiger partial charge in [0.05, 0.1) is 11.4 Å². The van der Waals surface area contributed by atoms with E-state index < -0.39 is 0 Å². The van der Waals surface area contributed by atoms with Crippen LogP contribution in [0, 0.1) is 0 Å². The minimum Gasteiger partial charge on any atom is -0.256 e. The first-order valence-electron chi connectivity index (χ1n) is 7.11. The highest BCUT2D eigenvalue weighted by Crippen LogP contribution is 2.29. The molecule has 0 spiro atoms. The third-order valence-electron chi connectivity index (χ3n) is 3.14. The number of thioether (sulfide) groups is 1. The lowest BCUT2D eigenvalue weighted by molar-refractivity contribution is 0.724. The van der Waals surface area contributed by atoms with Crippen molar-refractivity contribution >= 4 is 11.8 Å². The average molecular weight is 286 g/mol. The second-order valence-corrected chi connectivity index (χ2v) is 6.53. The highest BCUT2D eigenvalue weighted by Gasteiger charge is 2.13. The zero-order valence-corrected chi connectivity index (χ0v) is 13.4. The Bertz CT molecular complexity index is 550. The molecular formula is C17H22N2S. The van der Waals surface area contributed by atoms with Gasteiger partial charge in [-0.05, 0) is 17.4 Å². The highest BCUT2D eigenvalue weighted by atomic mass is 32.2. The fourth-order valence-corrected chi connectivity index (χ4v) is 3.00. The molecule has 0 fully saturated rings. The van der Waals surface area contributed by atoms with Crippen molar-refractivity contribution in [1.82, 2.24) is 9.97 Å². The Kier molecular flexibility index (Phi) is 5.18. The average Bonchev–Trinajstić information content (AvgIpc) is 2.45. The SMILES string of the molecule is CC(C)c1cnc(C(C)C)c(SCc2ccccc2)n1. The van der Waals surface area contributed by atoms with E-state index in [1.165, 1.54) is 5.56 Å². The van der Waals surface area contributed by atoms with E-state index in [1.807, 2.05) is 12.3 Å². The summed E-state index contributed by atoms with van der Waals surface area (Å²) in [6.45, 7) is 8.66. The monoisotopic (exact) mass is 286 g/mol. The number of hydrogen-bond acceptors (Lipinski definition) is 3. The number of nitrogens with zero attached hydrogens (tertiary/aromatic N) is 2. The Morgan fingerprint density at radius 1 is 1.00 bits per heavy atom. The van der Waals surface area contributed by atoms with Crippen LogP contribution in [0.25, 0.3) is 0 Å². The molecule has 0 aliphatic heterocycles. The zero-order chi connectivity index (χ0) is 14.5. The van der Waals surface area contributed by atoms with Crippen LogP contribution >= 0.6 is 11.8 Å². The van der Waals surface area contributed by atoms with E-state index >= 15 is 0 Å². The van der Waals surface area contributed by atoms with Crippen molar-refractivity contribution in [3.63, 3.8) is 0 Å². The summed E-state index contributed by atoms with van der Waals surface area (Å²) >= 11 is 1.79. The van der Waals surface area contributed by atoms with E-state index in [0.717, 1.165) is 22.2 Å². The second kappa shape index (κ2) is 6.89. The van der Waals surface area contributed by atoms with Crippen LogP contribution in [0.3, 0.4) is 0 Å². The third-order valence-corrected chi connectivity index (χ3v) is 4.19. The molecule has 0 saturated carbocycles. The summed E-state index contributed by atoms with van der Waals surface area (Å²) in [6, 6.07) is 10.5. The maximum atomic E-state index is 4.81. The van der Waals surface area contributed by atoms with Crippen molar-refractivity contribution in [2.24, 2.45) is 0 Å². The molecule has 2 aromatic rings. The van der Waals surface area contributed by atoms with E-state index in [-0.39, 0.29) is 0 Å². The standard InChI is InChI=1S/C17H22N2S/c1-12(2)15-10-18-16(13(3)4)17(19-15)20-11-14-8-6-5-7-9-14/h5-10,12-13H,11H2,1-4H3. The first-order chi connectivity index (χ1) is 9.58. The summed E-state index contributed by atoms with van der Waals surface area (Å²) in [5.74, 6) is 1.76. The Labute approximate surface area is 126 Å². The highest BCUT2D eigenvalue weighted by molar-refractivity contribution is 7.98. The second-order valence-electron chi connectivity index (χ2n) is 5.57. The lowest BCUT2D eigenvalue weighted by Gasteiger charge is -2.13. The van der Waals surface area contributed by atoms with Crippen LogP contribution in [0.15, 0.2) is 41.6 Å². The van der Waals surface area contributed by atoms with Crippen molar-refractivity contribution in [2.75, 3.05) is 0 Å². The third kappa shape index (κ3) is 3.83. The molecule has 0 atom stereocenters. The van der Waals surface area contributed by atoms with E-state index in [9.17, 15) is 0 Å². The van der Waals surface area contributed by atoms with Gasteiger partial charge >= 0.3 is 0 Å². The molecule has 2 rings (SSSR count). The van der Waals surface area contributed by atoms with Crippen LogP contribution in [0.1, 0.15) is 56.5 Å². The molecule has 1 aromatic carbocycles. The first-order valence-corrected chi connectivity index (χ1v) is 8.10. The molecule has 3 heteroatoms. The topological polar surface area (TPSA) is 25.8 Å². The van der Waals surface area contributed by atoms with Gasteiger partial charge in [0.25, 0.3) is 0 Å². The fraction of sp³-hybridized carbons (Fsp3) is 0.412. The Morgan fingerprint density at radius 2 is 1.70 bits per heavy atom. The van der Waals surface area contributed by atoms with Crippen LogP contribution in [0.5, 0.6) is 0 Å². The summed E-state index contributed by atoms with van der Waals surface area (Å²) in [4.78, 5) is 9.44. The molecule has 2 nitrogen and oxygen atoms in total. The zero-order valence-electron chi connectivity index (χ0n) is 12.6. The fourth-order valence-electron chi connectivity index (χ4n) is 1.90. The summed E-state index contributed by atoms with van der Waals surface area (Å²) in [5.41, 5.74) is 3.50. The molecule has 0 N–H and O–H groups in total. The van der Waals surface area contributed by atoms with Crippen LogP contribution in [-0.2, 0) is 5.75 Å². The Morgan fingerprint density at radius 3 is 2.30 bits per heavy atom. The Hall–Kier alpha value is -1.35. The number of benzene rings is 1. The minimum absolute atomic E-state index is 0.405. The molecule has 1 aromatic heterocycles. The minimum atomic E-state index is 0.405. The molecule has 0 radical (unpaired) electrons. The summed E-state index contributed by atoms with van der Waals surface area (Å²) in [7, 11) is 0. The summed E-state index contributed by atoms with van der Waals surface area (Å²) < 4.78 is 0. The first kappa shape index (κ1) is 15.0. The largest absolute Gasteiger partial charge is 0.256 e. The number of rotatable bonds is 5. The molecule has 1 heterocycles. The molecule has 0 aliphatic carbocycles. The van der Waals surface area contributed by atoms with E-state index in [2.05, 4.69) is 56.9 Å². The Balaban J connectivity index is 2.21. The van der Waals surface area contributed by atoms with Crippen LogP contribution in [-0.4, -0.2) is 9.97 Å². The van der Waals surface area contributed by atoms with Gasteiger partial charge in [0.15, 0.2) is 0 Å². The van der Waals surface area contributed by atoms with Crippen molar-refractivity contribution in [2.45, 2.75) is 50.3 Å². The lowest BCUT2D eigenvalue weighted by Crippen LogP contribution is -2.03. The van der Waals surface area contributed by atoms with Crippen molar-refractivity contribution in [1.29, 1.82) is 0 Å². The molecule has 20 heavy (non-hydrogen) atoms. The number of hydrogen-bond donors (Lipinski definition) is 0. The van der Waals surface area contributed by atoms with Gasteiger partial charge in [-0.25, -0.2) is 4.98 Å². The van der Waals surface area contributed by atoms with Crippen LogP contribution in [0.2, 0.25) is 0 Å². The molecule has 106 valence electrons. The number of aromatic nitrogens is 2. The molecule has 0 aliphatic rings. The van der Waals surface area contributed by atoms with E-state index in [0.29, 0.717) is 11.8 Å². The van der Waals surface area contributed by atoms with Crippen molar-refractivity contribution in [3.8, 4) is 0 Å². The van der Waals surface area contributed by atoms with E-state index in [4.69, 9.17) is 4.98 Å². The maximum Gasteiger partial charge on any atom is 0.118 e. The van der Waals surface area contributed by atoms with Gasteiger partial charge in [-0.3, -0.25) is 4.98 Å². The lowest BCUT2D eigenvalue weighted by atomic mass is 10.1. The van der Waals surface area contributed by atoms with Gasteiger partial charge in [0, 0.05) is 11.9 Å². The summed E-state index contributed by atoms with van der Waals surface area (Å²) in [6.07, 6.45) is 1.92. The quantitative estimate of drug-likeness (QED) is 0.722. The van der Waals surface area contributed by atoms with Crippen LogP contribution in [0.4, 0.5) is 0 Å². The normalized spacial score (nSPS) is 11.3. The molecule has 0 unspecified atom stereocenters. The molecular weight excluding hydrogens is 264 g/mol. The molecule has 0 saturated heterocycles. The summed E-state index contributed by atoms with van der Waals surface area (Å²) in [5, 5.41) is 1.08. The smallest absolute Gasteiger partial charge is 0.118 e. The maximum absolute atomic E-state index is 4.81. The van der Waals surface area contributed by atoms with Crippen molar-refractivity contribution < 1.29 is 0 Å². The van der Waals surface area contributed by atoms with Gasteiger partial charge in [-0.15, -0.1) is 0 Å². The molecule has 0 bridgehead atoms. The van der Waals surface area contributed by atoms with Crippen molar-refractivity contribution in [3.05, 3.63) is 53.5 Å². The van der Waals surface area contributed by atoms with Gasteiger partial charge in [0.2, 0.25) is 0 Å². The van der Waals surface area contributed by atoms with Gasteiger partial charge < -0.3 is 0 Å². The molecule has 0 amide bonds. The predicted octanol–water partition coefficient (Wildman–Crippen LogP) is 5.02. The van der Waals surface area contributed by atoms with Gasteiger partial charge in [0.1, 0.15) is 5.03 Å².